The molecule has 0 radical (unpaired) electrons. The molecule has 0 fully saturated rings. The maximum Gasteiger partial charge on any atom is 0.273 e. The van der Waals surface area contributed by atoms with Gasteiger partial charge in [0.15, 0.2) is 11.5 Å². The molecule has 19 heavy (non-hydrogen) atoms. The van der Waals surface area contributed by atoms with Crippen molar-refractivity contribution in [1.29, 1.82) is 0 Å². The van der Waals surface area contributed by atoms with Crippen LogP contribution in [0.2, 0.25) is 0 Å². The van der Waals surface area contributed by atoms with E-state index < -0.39 is 0 Å². The highest BCUT2D eigenvalue weighted by Crippen LogP contribution is 2.06. The van der Waals surface area contributed by atoms with Crippen LogP contribution in [0.1, 0.15) is 62.4 Å². The number of nitrogens with two attached hydrogens (primary N) is 1. The molecule has 0 aromatic carbocycles. The van der Waals surface area contributed by atoms with E-state index in [9.17, 15) is 4.79 Å². The van der Waals surface area contributed by atoms with Crippen LogP contribution in [-0.4, -0.2) is 22.4 Å². The molecule has 0 bridgehead atoms. The first kappa shape index (κ1) is 15.4. The third kappa shape index (κ3) is 6.18. The Morgan fingerprint density at radius 3 is 2.42 bits per heavy atom. The molecule has 0 aliphatic rings. The number of hydrogen-bond donors (Lipinski definition) is 2. The molecular weight excluding hydrogens is 240 g/mol. The molecule has 3 N–H and O–H groups in total. The normalized spacial score (nSPS) is 10.4. The van der Waals surface area contributed by atoms with Crippen molar-refractivity contribution in [2.75, 3.05) is 12.3 Å². The number of nitrogens with zero attached hydrogens (tertiary/aromatic N) is 2. The lowest BCUT2D eigenvalue weighted by Gasteiger charge is -2.05. The van der Waals surface area contributed by atoms with Crippen LogP contribution in [0.5, 0.6) is 0 Å². The Hall–Kier alpha value is -1.65. The van der Waals surface area contributed by atoms with E-state index in [1.807, 2.05) is 0 Å². The zero-order chi connectivity index (χ0) is 13.9. The van der Waals surface area contributed by atoms with E-state index in [0.29, 0.717) is 6.54 Å². The predicted octanol–water partition coefficient (Wildman–Crippen LogP) is 2.54. The minimum Gasteiger partial charge on any atom is -0.382 e. The largest absolute Gasteiger partial charge is 0.382 e. The lowest BCUT2D eigenvalue weighted by molar-refractivity contribution is 0.0948. The highest BCUT2D eigenvalue weighted by molar-refractivity contribution is 5.96. The van der Waals surface area contributed by atoms with E-state index >= 15 is 0 Å². The third-order valence-electron chi connectivity index (χ3n) is 3.01. The van der Waals surface area contributed by atoms with E-state index in [0.717, 1.165) is 12.8 Å². The first-order valence-corrected chi connectivity index (χ1v) is 7.10. The number of amides is 1. The number of carbonyl (C=O) groups is 1. The van der Waals surface area contributed by atoms with Gasteiger partial charge < -0.3 is 11.1 Å². The van der Waals surface area contributed by atoms with Crippen molar-refractivity contribution in [2.24, 2.45) is 0 Å². The van der Waals surface area contributed by atoms with Gasteiger partial charge in [0, 0.05) is 18.9 Å². The summed E-state index contributed by atoms with van der Waals surface area (Å²) in [6, 6.07) is 0. The Bertz CT molecular complexity index is 381. The number of rotatable bonds is 9. The molecule has 1 aromatic rings. The zero-order valence-electron chi connectivity index (χ0n) is 11.7. The highest BCUT2D eigenvalue weighted by Gasteiger charge is 2.10. The van der Waals surface area contributed by atoms with Crippen LogP contribution in [0.4, 0.5) is 5.82 Å². The maximum absolute atomic E-state index is 11.7. The fourth-order valence-electron chi connectivity index (χ4n) is 1.89. The molecule has 106 valence electrons. The molecule has 0 atom stereocenters. The lowest BCUT2D eigenvalue weighted by Crippen LogP contribution is -2.26. The second kappa shape index (κ2) is 9.30. The smallest absolute Gasteiger partial charge is 0.273 e. The number of nitrogen functional groups attached to an aromatic ring is 1. The highest BCUT2D eigenvalue weighted by atomic mass is 16.1. The Morgan fingerprint density at radius 2 is 1.74 bits per heavy atom. The van der Waals surface area contributed by atoms with Crippen molar-refractivity contribution in [3.63, 3.8) is 0 Å². The van der Waals surface area contributed by atoms with Gasteiger partial charge in [-0.05, 0) is 6.42 Å². The molecule has 0 aliphatic carbocycles. The summed E-state index contributed by atoms with van der Waals surface area (Å²) in [7, 11) is 0. The molecule has 0 saturated carbocycles. The fourth-order valence-corrected chi connectivity index (χ4v) is 1.89. The summed E-state index contributed by atoms with van der Waals surface area (Å²) < 4.78 is 0. The Labute approximate surface area is 115 Å². The van der Waals surface area contributed by atoms with Crippen molar-refractivity contribution in [3.8, 4) is 0 Å². The van der Waals surface area contributed by atoms with Crippen LogP contribution >= 0.6 is 0 Å². The van der Waals surface area contributed by atoms with E-state index in [1.165, 1.54) is 44.5 Å². The predicted molar refractivity (Wildman–Crippen MR) is 76.8 cm³/mol. The van der Waals surface area contributed by atoms with Crippen molar-refractivity contribution in [3.05, 3.63) is 18.1 Å². The summed E-state index contributed by atoms with van der Waals surface area (Å²) in [4.78, 5) is 19.5. The molecule has 5 heteroatoms. The zero-order valence-corrected chi connectivity index (χ0v) is 11.7. The van der Waals surface area contributed by atoms with Crippen LogP contribution < -0.4 is 11.1 Å². The Morgan fingerprint density at radius 1 is 1.11 bits per heavy atom. The minimum absolute atomic E-state index is 0.180. The van der Waals surface area contributed by atoms with Crippen LogP contribution in [0.15, 0.2) is 12.4 Å². The quantitative estimate of drug-likeness (QED) is 0.672. The summed E-state index contributed by atoms with van der Waals surface area (Å²) in [5, 5.41) is 2.82. The molecule has 0 saturated heterocycles. The van der Waals surface area contributed by atoms with E-state index in [-0.39, 0.29) is 17.4 Å². The molecule has 0 unspecified atom stereocenters. The second-order valence-corrected chi connectivity index (χ2v) is 4.67. The van der Waals surface area contributed by atoms with Gasteiger partial charge in [-0.3, -0.25) is 4.79 Å². The molecule has 0 aliphatic heterocycles. The summed E-state index contributed by atoms with van der Waals surface area (Å²) in [5.74, 6) is -0.0591. The van der Waals surface area contributed by atoms with E-state index in [2.05, 4.69) is 22.2 Å². The number of aromatic nitrogens is 2. The molecule has 0 spiro atoms. The van der Waals surface area contributed by atoms with Gasteiger partial charge in [0.05, 0.1) is 0 Å². The summed E-state index contributed by atoms with van der Waals surface area (Å²) in [6.07, 6.45) is 11.5. The van der Waals surface area contributed by atoms with Crippen molar-refractivity contribution in [1.82, 2.24) is 15.3 Å². The van der Waals surface area contributed by atoms with Crippen LogP contribution in [0.3, 0.4) is 0 Å². The van der Waals surface area contributed by atoms with E-state index in [4.69, 9.17) is 5.73 Å². The molecule has 1 heterocycles. The van der Waals surface area contributed by atoms with Gasteiger partial charge in [0.25, 0.3) is 5.91 Å². The molecule has 1 amide bonds. The fraction of sp³-hybridized carbons (Fsp3) is 0.643. The number of unbranched alkanes of at least 4 members (excludes halogenated alkanes) is 6. The van der Waals surface area contributed by atoms with Gasteiger partial charge in [-0.15, -0.1) is 0 Å². The number of nitrogens with one attached hydrogen (secondary N) is 1. The summed E-state index contributed by atoms with van der Waals surface area (Å²) in [6.45, 7) is 2.89. The second-order valence-electron chi connectivity index (χ2n) is 4.67. The molecule has 1 rings (SSSR count). The summed E-state index contributed by atoms with van der Waals surface area (Å²) >= 11 is 0. The van der Waals surface area contributed by atoms with Crippen molar-refractivity contribution >= 4 is 11.7 Å². The lowest BCUT2D eigenvalue weighted by atomic mass is 10.1. The third-order valence-corrected chi connectivity index (χ3v) is 3.01. The van der Waals surface area contributed by atoms with Gasteiger partial charge in [0.1, 0.15) is 0 Å². The first-order valence-electron chi connectivity index (χ1n) is 7.10. The first-order chi connectivity index (χ1) is 9.25. The van der Waals surface area contributed by atoms with Crippen LogP contribution in [0, 0.1) is 0 Å². The molecule has 5 nitrogen and oxygen atoms in total. The SMILES string of the molecule is CCCCCCCCCNC(=O)c1nccnc1N. The topological polar surface area (TPSA) is 80.9 Å². The van der Waals surface area contributed by atoms with Gasteiger partial charge in [-0.1, -0.05) is 45.4 Å². The van der Waals surface area contributed by atoms with Gasteiger partial charge in [0.2, 0.25) is 0 Å². The van der Waals surface area contributed by atoms with Crippen molar-refractivity contribution in [2.45, 2.75) is 51.9 Å². The van der Waals surface area contributed by atoms with Crippen LogP contribution in [-0.2, 0) is 0 Å². The van der Waals surface area contributed by atoms with Crippen LogP contribution in [0.25, 0.3) is 0 Å². The van der Waals surface area contributed by atoms with E-state index in [1.54, 1.807) is 0 Å². The van der Waals surface area contributed by atoms with Crippen molar-refractivity contribution < 1.29 is 4.79 Å². The van der Waals surface area contributed by atoms with Gasteiger partial charge in [-0.25, -0.2) is 9.97 Å². The monoisotopic (exact) mass is 264 g/mol. The van der Waals surface area contributed by atoms with Gasteiger partial charge in [-0.2, -0.15) is 0 Å². The standard InChI is InChI=1S/C14H24N4O/c1-2-3-4-5-6-7-8-9-18-14(19)12-13(15)17-11-10-16-12/h10-11H,2-9H2,1H3,(H2,15,17)(H,18,19). The number of hydrogen-bond acceptors (Lipinski definition) is 4. The number of carbonyl (C=O) groups excluding carboxylic acids is 1. The Kier molecular flexibility index (Phi) is 7.54. The summed E-state index contributed by atoms with van der Waals surface area (Å²) in [5.41, 5.74) is 5.80. The minimum atomic E-state index is -0.239. The maximum atomic E-state index is 11.7. The Balaban J connectivity index is 2.10. The average Bonchev–Trinajstić information content (AvgIpc) is 2.42. The van der Waals surface area contributed by atoms with Gasteiger partial charge >= 0.3 is 0 Å². The average molecular weight is 264 g/mol. The number of anilines is 1. The molecular formula is C14H24N4O. The molecule has 1 aromatic heterocycles.